The van der Waals surface area contributed by atoms with Gasteiger partial charge in [-0.2, -0.15) is 0 Å². The summed E-state index contributed by atoms with van der Waals surface area (Å²) in [6.45, 7) is 6.72. The van der Waals surface area contributed by atoms with Crippen molar-refractivity contribution in [2.24, 2.45) is 11.3 Å². The number of benzene rings is 1. The summed E-state index contributed by atoms with van der Waals surface area (Å²) in [7, 11) is 0. The van der Waals surface area contributed by atoms with Crippen molar-refractivity contribution < 1.29 is 4.39 Å². The minimum Gasteiger partial charge on any atom is -0.207 e. The van der Waals surface area contributed by atoms with E-state index in [1.165, 1.54) is 17.7 Å². The lowest BCUT2D eigenvalue weighted by molar-refractivity contribution is 0.267. The number of rotatable bonds is 3. The van der Waals surface area contributed by atoms with Gasteiger partial charge in [0.15, 0.2) is 0 Å². The van der Waals surface area contributed by atoms with E-state index in [0.717, 1.165) is 11.8 Å². The largest absolute Gasteiger partial charge is 0.207 e. The average Bonchev–Trinajstić information content (AvgIpc) is 2.15. The van der Waals surface area contributed by atoms with Gasteiger partial charge in [0.2, 0.25) is 0 Å². The minimum atomic E-state index is -0.162. The van der Waals surface area contributed by atoms with Gasteiger partial charge in [-0.25, -0.2) is 4.39 Å². The average molecular weight is 273 g/mol. The highest BCUT2D eigenvalue weighted by Gasteiger charge is 2.23. The number of halogens is 2. The van der Waals surface area contributed by atoms with Gasteiger partial charge in [0.25, 0.3) is 0 Å². The molecule has 0 amide bonds. The molecule has 0 radical (unpaired) electrons. The fourth-order valence-electron chi connectivity index (χ4n) is 1.50. The molecule has 0 spiro atoms. The molecule has 1 aromatic carbocycles. The Morgan fingerprint density at radius 2 is 1.73 bits per heavy atom. The van der Waals surface area contributed by atoms with Crippen LogP contribution in [0.2, 0.25) is 0 Å². The Morgan fingerprint density at radius 3 is 2.13 bits per heavy atom. The fourth-order valence-corrected chi connectivity index (χ4v) is 2.70. The van der Waals surface area contributed by atoms with Crippen molar-refractivity contribution in [3.8, 4) is 0 Å². The Bertz CT molecular complexity index is 297. The molecule has 0 bridgehead atoms. The maximum atomic E-state index is 12.7. The van der Waals surface area contributed by atoms with E-state index in [1.54, 1.807) is 0 Å². The molecular formula is C13H18BrF. The Balaban J connectivity index is 2.71. The van der Waals surface area contributed by atoms with E-state index >= 15 is 0 Å². The summed E-state index contributed by atoms with van der Waals surface area (Å²) in [5, 5.41) is 0.980. The van der Waals surface area contributed by atoms with Crippen LogP contribution in [0.3, 0.4) is 0 Å². The molecule has 0 aliphatic heterocycles. The van der Waals surface area contributed by atoms with Crippen LogP contribution in [0.4, 0.5) is 4.39 Å². The molecule has 0 aliphatic rings. The van der Waals surface area contributed by atoms with Gasteiger partial charge in [-0.3, -0.25) is 0 Å². The summed E-state index contributed by atoms with van der Waals surface area (Å²) in [5.74, 6) is 0.410. The monoisotopic (exact) mass is 272 g/mol. The smallest absolute Gasteiger partial charge is 0.123 e. The number of hydrogen-bond acceptors (Lipinski definition) is 0. The molecule has 0 fully saturated rings. The molecular weight excluding hydrogens is 255 g/mol. The third kappa shape index (κ3) is 3.94. The summed E-state index contributed by atoms with van der Waals surface area (Å²) in [5.41, 5.74) is 1.48. The Kier molecular flexibility index (Phi) is 4.32. The van der Waals surface area contributed by atoms with E-state index < -0.39 is 0 Å². The molecule has 0 saturated heterocycles. The van der Waals surface area contributed by atoms with Crippen LogP contribution in [-0.2, 0) is 6.42 Å². The third-order valence-corrected chi connectivity index (χ3v) is 3.59. The maximum Gasteiger partial charge on any atom is 0.123 e. The molecule has 0 aliphatic carbocycles. The molecule has 0 N–H and O–H groups in total. The Hall–Kier alpha value is -0.370. The summed E-state index contributed by atoms with van der Waals surface area (Å²) in [6, 6.07) is 6.81. The van der Waals surface area contributed by atoms with Crippen molar-refractivity contribution >= 4 is 15.9 Å². The summed E-state index contributed by atoms with van der Waals surface area (Å²) in [6.07, 6.45) is 0.995. The van der Waals surface area contributed by atoms with Crippen molar-refractivity contribution in [3.63, 3.8) is 0 Å². The second-order valence-electron chi connectivity index (χ2n) is 5.05. The van der Waals surface area contributed by atoms with Crippen LogP contribution >= 0.6 is 15.9 Å². The van der Waals surface area contributed by atoms with Crippen LogP contribution in [0.1, 0.15) is 26.3 Å². The minimum absolute atomic E-state index is 0.162. The van der Waals surface area contributed by atoms with Crippen molar-refractivity contribution in [3.05, 3.63) is 35.6 Å². The van der Waals surface area contributed by atoms with Crippen molar-refractivity contribution in [2.75, 3.05) is 5.33 Å². The molecule has 84 valence electrons. The molecule has 1 unspecified atom stereocenters. The lowest BCUT2D eigenvalue weighted by atomic mass is 9.78. The molecule has 1 rings (SSSR count). The highest BCUT2D eigenvalue weighted by Crippen LogP contribution is 2.30. The van der Waals surface area contributed by atoms with Crippen LogP contribution in [0, 0.1) is 17.2 Å². The topological polar surface area (TPSA) is 0 Å². The summed E-state index contributed by atoms with van der Waals surface area (Å²) in [4.78, 5) is 0. The quantitative estimate of drug-likeness (QED) is 0.715. The van der Waals surface area contributed by atoms with E-state index in [0.29, 0.717) is 5.92 Å². The van der Waals surface area contributed by atoms with Crippen LogP contribution in [-0.4, -0.2) is 5.33 Å². The second-order valence-corrected chi connectivity index (χ2v) is 5.70. The van der Waals surface area contributed by atoms with Gasteiger partial charge in [0.1, 0.15) is 5.82 Å². The summed E-state index contributed by atoms with van der Waals surface area (Å²) < 4.78 is 12.7. The van der Waals surface area contributed by atoms with Crippen LogP contribution in [0.5, 0.6) is 0 Å². The van der Waals surface area contributed by atoms with Crippen molar-refractivity contribution in [2.45, 2.75) is 27.2 Å². The number of alkyl halides is 1. The number of hydrogen-bond donors (Lipinski definition) is 0. The first kappa shape index (κ1) is 12.7. The molecule has 0 saturated carbocycles. The van der Waals surface area contributed by atoms with E-state index in [4.69, 9.17) is 0 Å². The van der Waals surface area contributed by atoms with E-state index in [1.807, 2.05) is 12.1 Å². The first-order valence-electron chi connectivity index (χ1n) is 5.24. The maximum absolute atomic E-state index is 12.7. The Morgan fingerprint density at radius 1 is 1.20 bits per heavy atom. The predicted molar refractivity (Wildman–Crippen MR) is 66.8 cm³/mol. The van der Waals surface area contributed by atoms with Gasteiger partial charge >= 0.3 is 0 Å². The molecule has 15 heavy (non-hydrogen) atoms. The molecule has 0 nitrogen and oxygen atoms in total. The van der Waals surface area contributed by atoms with Gasteiger partial charge in [0, 0.05) is 5.33 Å². The zero-order chi connectivity index (χ0) is 11.5. The van der Waals surface area contributed by atoms with E-state index in [9.17, 15) is 4.39 Å². The SMILES string of the molecule is CC(C)(C)C(CBr)Cc1ccc(F)cc1. The lowest BCUT2D eigenvalue weighted by Gasteiger charge is -2.29. The molecule has 0 aromatic heterocycles. The highest BCUT2D eigenvalue weighted by atomic mass is 79.9. The first-order valence-corrected chi connectivity index (χ1v) is 6.36. The normalized spacial score (nSPS) is 13.9. The van der Waals surface area contributed by atoms with Crippen LogP contribution in [0.25, 0.3) is 0 Å². The van der Waals surface area contributed by atoms with E-state index in [2.05, 4.69) is 36.7 Å². The predicted octanol–water partition coefficient (Wildman–Crippen LogP) is 4.43. The van der Waals surface area contributed by atoms with Crippen molar-refractivity contribution in [1.29, 1.82) is 0 Å². The molecule has 0 heterocycles. The second kappa shape index (κ2) is 5.11. The van der Waals surface area contributed by atoms with Gasteiger partial charge in [-0.1, -0.05) is 48.8 Å². The standard InChI is InChI=1S/C13H18BrF/c1-13(2,3)11(9-14)8-10-4-6-12(15)7-5-10/h4-7,11H,8-9H2,1-3H3. The Labute approximate surface area is 100 Å². The van der Waals surface area contributed by atoms with Gasteiger partial charge in [0.05, 0.1) is 0 Å². The third-order valence-electron chi connectivity index (χ3n) is 2.81. The fraction of sp³-hybridized carbons (Fsp3) is 0.538. The van der Waals surface area contributed by atoms with Crippen molar-refractivity contribution in [1.82, 2.24) is 0 Å². The van der Waals surface area contributed by atoms with E-state index in [-0.39, 0.29) is 11.2 Å². The zero-order valence-electron chi connectivity index (χ0n) is 9.56. The van der Waals surface area contributed by atoms with Crippen LogP contribution < -0.4 is 0 Å². The lowest BCUT2D eigenvalue weighted by Crippen LogP contribution is -2.23. The van der Waals surface area contributed by atoms with Gasteiger partial charge in [-0.15, -0.1) is 0 Å². The van der Waals surface area contributed by atoms with Gasteiger partial charge in [-0.05, 0) is 35.4 Å². The first-order chi connectivity index (χ1) is 6.93. The van der Waals surface area contributed by atoms with Gasteiger partial charge < -0.3 is 0 Å². The molecule has 2 heteroatoms. The summed E-state index contributed by atoms with van der Waals surface area (Å²) >= 11 is 3.55. The molecule has 1 aromatic rings. The zero-order valence-corrected chi connectivity index (χ0v) is 11.1. The highest BCUT2D eigenvalue weighted by molar-refractivity contribution is 9.09. The molecule has 1 atom stereocenters. The van der Waals surface area contributed by atoms with Crippen LogP contribution in [0.15, 0.2) is 24.3 Å².